The second kappa shape index (κ2) is 4.75. The lowest BCUT2D eigenvalue weighted by Crippen LogP contribution is -2.33. The van der Waals surface area contributed by atoms with E-state index in [0.717, 1.165) is 12.8 Å². The molecule has 1 N–H and O–H groups in total. The highest BCUT2D eigenvalue weighted by molar-refractivity contribution is 5.61. The molecule has 7 heteroatoms. The van der Waals surface area contributed by atoms with Gasteiger partial charge in [-0.15, -0.1) is 0 Å². The van der Waals surface area contributed by atoms with Crippen LogP contribution in [-0.2, 0) is 0 Å². The average Bonchev–Trinajstić information content (AvgIpc) is 2.33. The highest BCUT2D eigenvalue weighted by atomic mass is 16.6. The van der Waals surface area contributed by atoms with Crippen LogP contribution < -0.4 is 10.1 Å². The lowest BCUT2D eigenvalue weighted by Gasteiger charge is -2.38. The van der Waals surface area contributed by atoms with Gasteiger partial charge in [-0.1, -0.05) is 13.3 Å². The fourth-order valence-corrected chi connectivity index (χ4v) is 2.06. The predicted octanol–water partition coefficient (Wildman–Crippen LogP) is 2.00. The predicted molar refractivity (Wildman–Crippen MR) is 65.7 cm³/mol. The summed E-state index contributed by atoms with van der Waals surface area (Å²) >= 11 is 0. The van der Waals surface area contributed by atoms with Crippen LogP contribution in [0.25, 0.3) is 0 Å². The molecule has 7 nitrogen and oxygen atoms in total. The number of methoxy groups -OCH3 is 1. The molecule has 0 radical (unpaired) electrons. The molecular weight excluding hydrogens is 236 g/mol. The van der Waals surface area contributed by atoms with Crippen molar-refractivity contribution >= 4 is 11.5 Å². The third kappa shape index (κ3) is 2.34. The zero-order valence-electron chi connectivity index (χ0n) is 10.5. The Morgan fingerprint density at radius 2 is 2.28 bits per heavy atom. The van der Waals surface area contributed by atoms with E-state index < -0.39 is 4.92 Å². The van der Waals surface area contributed by atoms with E-state index in [1.807, 2.05) is 0 Å². The van der Waals surface area contributed by atoms with Crippen LogP contribution in [0.3, 0.4) is 0 Å². The van der Waals surface area contributed by atoms with Gasteiger partial charge in [0.25, 0.3) is 5.88 Å². The highest BCUT2D eigenvalue weighted by Gasteiger charge is 2.33. The van der Waals surface area contributed by atoms with Gasteiger partial charge in [0.1, 0.15) is 6.33 Å². The van der Waals surface area contributed by atoms with Crippen molar-refractivity contribution in [3.05, 3.63) is 16.4 Å². The first-order valence-electron chi connectivity index (χ1n) is 5.83. The third-order valence-corrected chi connectivity index (χ3v) is 3.41. The molecule has 0 spiro atoms. The lowest BCUT2D eigenvalue weighted by molar-refractivity contribution is -0.385. The normalized spacial score (nSPS) is 16.8. The standard InChI is InChI=1S/C11H16N4O3/c1-11(4-3-5-11)6-12-9-8(15(16)17)10(18-2)14-7-13-9/h7H,3-6H2,1-2H3,(H,12,13,14). The molecule has 0 saturated heterocycles. The van der Waals surface area contributed by atoms with Crippen molar-refractivity contribution < 1.29 is 9.66 Å². The minimum Gasteiger partial charge on any atom is -0.476 e. The Morgan fingerprint density at radius 3 is 2.78 bits per heavy atom. The second-order valence-corrected chi connectivity index (χ2v) is 4.86. The van der Waals surface area contributed by atoms with E-state index >= 15 is 0 Å². The smallest absolute Gasteiger partial charge is 0.372 e. The monoisotopic (exact) mass is 252 g/mol. The van der Waals surface area contributed by atoms with Crippen LogP contribution in [0.15, 0.2) is 6.33 Å². The summed E-state index contributed by atoms with van der Waals surface area (Å²) in [6, 6.07) is 0. The average molecular weight is 252 g/mol. The lowest BCUT2D eigenvalue weighted by atomic mass is 9.70. The number of hydrogen-bond donors (Lipinski definition) is 1. The molecule has 1 saturated carbocycles. The molecule has 1 aliphatic rings. The van der Waals surface area contributed by atoms with E-state index in [0.29, 0.717) is 6.54 Å². The van der Waals surface area contributed by atoms with E-state index in [4.69, 9.17) is 4.74 Å². The Labute approximate surface area is 105 Å². The van der Waals surface area contributed by atoms with E-state index in [1.54, 1.807) is 0 Å². The van der Waals surface area contributed by atoms with Crippen LogP contribution in [0.4, 0.5) is 11.5 Å². The molecule has 1 aliphatic carbocycles. The maximum Gasteiger partial charge on any atom is 0.372 e. The zero-order chi connectivity index (χ0) is 13.2. The van der Waals surface area contributed by atoms with Crippen molar-refractivity contribution in [3.63, 3.8) is 0 Å². The van der Waals surface area contributed by atoms with Crippen molar-refractivity contribution in [2.24, 2.45) is 5.41 Å². The fraction of sp³-hybridized carbons (Fsp3) is 0.636. The minimum absolute atomic E-state index is 0.0173. The first-order valence-corrected chi connectivity index (χ1v) is 5.83. The topological polar surface area (TPSA) is 90.2 Å². The van der Waals surface area contributed by atoms with E-state index in [1.165, 1.54) is 19.9 Å². The molecule has 0 aromatic carbocycles. The number of ether oxygens (including phenoxy) is 1. The molecule has 98 valence electrons. The number of aromatic nitrogens is 2. The van der Waals surface area contributed by atoms with Gasteiger partial charge < -0.3 is 10.1 Å². The Hall–Kier alpha value is -1.92. The quantitative estimate of drug-likeness (QED) is 0.636. The van der Waals surface area contributed by atoms with Crippen molar-refractivity contribution in [2.75, 3.05) is 19.0 Å². The molecular formula is C11H16N4O3. The molecule has 1 fully saturated rings. The van der Waals surface area contributed by atoms with E-state index in [-0.39, 0.29) is 22.8 Å². The molecule has 1 heterocycles. The summed E-state index contributed by atoms with van der Waals surface area (Å²) in [6.07, 6.45) is 4.75. The van der Waals surface area contributed by atoms with Crippen LogP contribution in [-0.4, -0.2) is 28.5 Å². The minimum atomic E-state index is -0.524. The van der Waals surface area contributed by atoms with Gasteiger partial charge in [0, 0.05) is 6.54 Å². The van der Waals surface area contributed by atoms with Gasteiger partial charge in [-0.25, -0.2) is 4.98 Å². The summed E-state index contributed by atoms with van der Waals surface area (Å²) in [6.45, 7) is 2.84. The van der Waals surface area contributed by atoms with Crippen LogP contribution >= 0.6 is 0 Å². The summed E-state index contributed by atoms with van der Waals surface area (Å²) in [5.74, 6) is 0.205. The summed E-state index contributed by atoms with van der Waals surface area (Å²) < 4.78 is 4.89. The molecule has 1 aromatic heterocycles. The van der Waals surface area contributed by atoms with Crippen LogP contribution in [0.1, 0.15) is 26.2 Å². The van der Waals surface area contributed by atoms with Crippen LogP contribution in [0, 0.1) is 15.5 Å². The first-order chi connectivity index (χ1) is 8.56. The Kier molecular flexibility index (Phi) is 3.31. The summed E-state index contributed by atoms with van der Waals surface area (Å²) in [4.78, 5) is 18.2. The van der Waals surface area contributed by atoms with E-state index in [2.05, 4.69) is 22.2 Å². The maximum atomic E-state index is 11.0. The number of rotatable bonds is 5. The zero-order valence-corrected chi connectivity index (χ0v) is 10.5. The first kappa shape index (κ1) is 12.5. The largest absolute Gasteiger partial charge is 0.476 e. The Morgan fingerprint density at radius 1 is 1.56 bits per heavy atom. The molecule has 0 unspecified atom stereocenters. The van der Waals surface area contributed by atoms with Crippen molar-refractivity contribution in [3.8, 4) is 5.88 Å². The molecule has 18 heavy (non-hydrogen) atoms. The molecule has 1 aromatic rings. The number of nitrogens with zero attached hydrogens (tertiary/aromatic N) is 3. The van der Waals surface area contributed by atoms with Gasteiger partial charge in [0.2, 0.25) is 5.82 Å². The van der Waals surface area contributed by atoms with Crippen molar-refractivity contribution in [1.29, 1.82) is 0 Å². The van der Waals surface area contributed by atoms with Gasteiger partial charge in [0.15, 0.2) is 0 Å². The Bertz CT molecular complexity index is 460. The molecule has 2 rings (SSSR count). The number of nitrogens with one attached hydrogen (secondary N) is 1. The number of nitro groups is 1. The maximum absolute atomic E-state index is 11.0. The summed E-state index contributed by atoms with van der Waals surface area (Å²) in [7, 11) is 1.35. The number of anilines is 1. The van der Waals surface area contributed by atoms with Gasteiger partial charge in [-0.3, -0.25) is 10.1 Å². The summed E-state index contributed by atoms with van der Waals surface area (Å²) in [5.41, 5.74) is 0.00871. The van der Waals surface area contributed by atoms with Gasteiger partial charge in [-0.05, 0) is 18.3 Å². The number of hydrogen-bond acceptors (Lipinski definition) is 6. The summed E-state index contributed by atoms with van der Waals surface area (Å²) in [5, 5.41) is 14.1. The van der Waals surface area contributed by atoms with E-state index in [9.17, 15) is 10.1 Å². The fourth-order valence-electron chi connectivity index (χ4n) is 2.06. The van der Waals surface area contributed by atoms with Crippen LogP contribution in [0.5, 0.6) is 5.88 Å². The van der Waals surface area contributed by atoms with Crippen LogP contribution in [0.2, 0.25) is 0 Å². The molecule has 0 bridgehead atoms. The van der Waals surface area contributed by atoms with Gasteiger partial charge in [-0.2, -0.15) is 4.98 Å². The van der Waals surface area contributed by atoms with Gasteiger partial charge in [0.05, 0.1) is 12.0 Å². The molecule has 0 amide bonds. The molecule has 0 atom stereocenters. The third-order valence-electron chi connectivity index (χ3n) is 3.41. The second-order valence-electron chi connectivity index (χ2n) is 4.86. The van der Waals surface area contributed by atoms with Crippen molar-refractivity contribution in [2.45, 2.75) is 26.2 Å². The highest BCUT2D eigenvalue weighted by Crippen LogP contribution is 2.41. The van der Waals surface area contributed by atoms with Gasteiger partial charge >= 0.3 is 5.69 Å². The Balaban J connectivity index is 2.18. The SMILES string of the molecule is COc1ncnc(NCC2(C)CCC2)c1[N+](=O)[O-]. The van der Waals surface area contributed by atoms with Crippen molar-refractivity contribution in [1.82, 2.24) is 9.97 Å². The molecule has 0 aliphatic heterocycles.